The van der Waals surface area contributed by atoms with E-state index in [9.17, 15) is 12.8 Å². The molecule has 0 aromatic carbocycles. The average molecular weight is 288 g/mol. The highest BCUT2D eigenvalue weighted by Gasteiger charge is 2.35. The van der Waals surface area contributed by atoms with Gasteiger partial charge in [0.15, 0.2) is 10.0 Å². The maximum Gasteiger partial charge on any atom is 0.256 e. The van der Waals surface area contributed by atoms with Crippen molar-refractivity contribution in [2.75, 3.05) is 6.54 Å². The first-order valence-electron chi connectivity index (χ1n) is 5.69. The van der Waals surface area contributed by atoms with E-state index in [2.05, 4.69) is 0 Å². The molecule has 1 aromatic heterocycles. The summed E-state index contributed by atoms with van der Waals surface area (Å²) in [5.74, 6) is -0.735. The molecule has 0 atom stereocenters. The van der Waals surface area contributed by atoms with Crippen molar-refractivity contribution >= 4 is 21.4 Å². The summed E-state index contributed by atoms with van der Waals surface area (Å²) in [5, 5.41) is 10.2. The zero-order chi connectivity index (χ0) is 13.2. The van der Waals surface area contributed by atoms with E-state index in [0.29, 0.717) is 0 Å². The SMILES string of the molecule is N#CCN(C1CCCC1)S(=O)(=O)c1sccc1F. The van der Waals surface area contributed by atoms with Crippen molar-refractivity contribution in [3.8, 4) is 6.07 Å². The van der Waals surface area contributed by atoms with E-state index in [0.717, 1.165) is 47.4 Å². The molecule has 1 heterocycles. The number of halogens is 1. The van der Waals surface area contributed by atoms with Crippen LogP contribution in [0, 0.1) is 17.1 Å². The molecular weight excluding hydrogens is 275 g/mol. The third-order valence-electron chi connectivity index (χ3n) is 3.09. The summed E-state index contributed by atoms with van der Waals surface area (Å²) in [4.78, 5) is 0. The minimum Gasteiger partial charge on any atom is -0.206 e. The molecule has 0 aliphatic heterocycles. The number of rotatable bonds is 4. The van der Waals surface area contributed by atoms with Crippen molar-refractivity contribution in [3.63, 3.8) is 0 Å². The quantitative estimate of drug-likeness (QED) is 0.799. The van der Waals surface area contributed by atoms with Crippen LogP contribution in [0.5, 0.6) is 0 Å². The normalized spacial score (nSPS) is 17.2. The number of nitriles is 1. The van der Waals surface area contributed by atoms with E-state index in [1.165, 1.54) is 5.38 Å². The van der Waals surface area contributed by atoms with Crippen LogP contribution in [0.4, 0.5) is 4.39 Å². The molecule has 1 fully saturated rings. The van der Waals surface area contributed by atoms with E-state index in [-0.39, 0.29) is 16.8 Å². The molecule has 2 rings (SSSR count). The van der Waals surface area contributed by atoms with Crippen LogP contribution < -0.4 is 0 Å². The Morgan fingerprint density at radius 1 is 1.50 bits per heavy atom. The van der Waals surface area contributed by atoms with Gasteiger partial charge < -0.3 is 0 Å². The number of thiophene rings is 1. The highest BCUT2D eigenvalue weighted by Crippen LogP contribution is 2.31. The number of hydrogen-bond donors (Lipinski definition) is 0. The van der Waals surface area contributed by atoms with E-state index in [1.807, 2.05) is 6.07 Å². The molecule has 1 aromatic rings. The van der Waals surface area contributed by atoms with Crippen LogP contribution in [-0.2, 0) is 10.0 Å². The number of nitrogens with zero attached hydrogens (tertiary/aromatic N) is 2. The minimum atomic E-state index is -3.88. The fourth-order valence-corrected chi connectivity index (χ4v) is 5.03. The third-order valence-corrected chi connectivity index (χ3v) is 6.40. The van der Waals surface area contributed by atoms with Gasteiger partial charge in [0.05, 0.1) is 6.07 Å². The average Bonchev–Trinajstić information content (AvgIpc) is 2.96. The topological polar surface area (TPSA) is 61.2 Å². The fraction of sp³-hybridized carbons (Fsp3) is 0.545. The molecule has 0 spiro atoms. The molecule has 7 heteroatoms. The van der Waals surface area contributed by atoms with Crippen molar-refractivity contribution in [2.24, 2.45) is 0 Å². The van der Waals surface area contributed by atoms with Gasteiger partial charge in [0.2, 0.25) is 0 Å². The molecule has 0 N–H and O–H groups in total. The summed E-state index contributed by atoms with van der Waals surface area (Å²) in [6.45, 7) is -0.218. The Hall–Kier alpha value is -0.970. The summed E-state index contributed by atoms with van der Waals surface area (Å²) in [7, 11) is -3.88. The first-order valence-corrected chi connectivity index (χ1v) is 8.01. The standard InChI is InChI=1S/C11H13FN2O2S2/c12-10-5-8-17-11(10)18(15,16)14(7-6-13)9-3-1-2-4-9/h5,8-9H,1-4,7H2. The van der Waals surface area contributed by atoms with Crippen LogP contribution in [-0.4, -0.2) is 25.3 Å². The van der Waals surface area contributed by atoms with E-state index in [4.69, 9.17) is 5.26 Å². The van der Waals surface area contributed by atoms with Crippen molar-refractivity contribution in [1.82, 2.24) is 4.31 Å². The molecule has 0 radical (unpaired) electrons. The Bertz CT molecular complexity index is 556. The Morgan fingerprint density at radius 3 is 2.67 bits per heavy atom. The monoisotopic (exact) mass is 288 g/mol. The molecule has 0 unspecified atom stereocenters. The zero-order valence-corrected chi connectivity index (χ0v) is 11.3. The molecule has 98 valence electrons. The molecule has 1 aliphatic rings. The highest BCUT2D eigenvalue weighted by molar-refractivity contribution is 7.91. The number of sulfonamides is 1. The summed E-state index contributed by atoms with van der Waals surface area (Å²) >= 11 is 0.855. The predicted octanol–water partition coefficient (Wildman–Crippen LogP) is 2.34. The van der Waals surface area contributed by atoms with Gasteiger partial charge in [0, 0.05) is 6.04 Å². The van der Waals surface area contributed by atoms with Crippen molar-refractivity contribution < 1.29 is 12.8 Å². The van der Waals surface area contributed by atoms with Crippen molar-refractivity contribution in [1.29, 1.82) is 5.26 Å². The lowest BCUT2D eigenvalue weighted by atomic mass is 10.2. The van der Waals surface area contributed by atoms with E-state index >= 15 is 0 Å². The Labute approximate surface area is 110 Å². The van der Waals surface area contributed by atoms with Gasteiger partial charge >= 0.3 is 0 Å². The van der Waals surface area contributed by atoms with E-state index < -0.39 is 15.8 Å². The molecular formula is C11H13FN2O2S2. The maximum atomic E-state index is 13.5. The first kappa shape index (κ1) is 13.5. The van der Waals surface area contributed by atoms with Crippen LogP contribution in [0.25, 0.3) is 0 Å². The van der Waals surface area contributed by atoms with Gasteiger partial charge in [-0.1, -0.05) is 12.8 Å². The Balaban J connectivity index is 2.36. The Morgan fingerprint density at radius 2 is 2.17 bits per heavy atom. The van der Waals surface area contributed by atoms with Crippen LogP contribution in [0.15, 0.2) is 15.7 Å². The zero-order valence-electron chi connectivity index (χ0n) is 9.67. The third kappa shape index (κ3) is 2.41. The summed E-state index contributed by atoms with van der Waals surface area (Å²) in [5.41, 5.74) is 0. The van der Waals surface area contributed by atoms with Gasteiger partial charge in [-0.05, 0) is 24.3 Å². The van der Waals surface area contributed by atoms with Gasteiger partial charge in [-0.25, -0.2) is 12.8 Å². The van der Waals surface area contributed by atoms with Gasteiger partial charge in [0.1, 0.15) is 6.54 Å². The summed E-state index contributed by atoms with van der Waals surface area (Å²) in [6.07, 6.45) is 3.39. The second-order valence-corrected chi connectivity index (χ2v) is 7.20. The lowest BCUT2D eigenvalue weighted by Gasteiger charge is -2.24. The summed E-state index contributed by atoms with van der Waals surface area (Å²) < 4.78 is 39.0. The highest BCUT2D eigenvalue weighted by atomic mass is 32.2. The molecule has 0 amide bonds. The lowest BCUT2D eigenvalue weighted by molar-refractivity contribution is 0.349. The van der Waals surface area contributed by atoms with Crippen LogP contribution in [0.2, 0.25) is 0 Å². The van der Waals surface area contributed by atoms with Crippen LogP contribution >= 0.6 is 11.3 Å². The second-order valence-electron chi connectivity index (χ2n) is 4.20. The largest absolute Gasteiger partial charge is 0.256 e. The van der Waals surface area contributed by atoms with Gasteiger partial charge in [-0.2, -0.15) is 9.57 Å². The summed E-state index contributed by atoms with van der Waals surface area (Å²) in [6, 6.07) is 2.83. The second kappa shape index (κ2) is 5.34. The lowest BCUT2D eigenvalue weighted by Crippen LogP contribution is -2.39. The Kier molecular flexibility index (Phi) is 4.00. The molecule has 18 heavy (non-hydrogen) atoms. The van der Waals surface area contributed by atoms with Crippen LogP contribution in [0.1, 0.15) is 25.7 Å². The van der Waals surface area contributed by atoms with Crippen LogP contribution in [0.3, 0.4) is 0 Å². The molecule has 0 bridgehead atoms. The molecule has 4 nitrogen and oxygen atoms in total. The van der Waals surface area contributed by atoms with E-state index in [1.54, 1.807) is 0 Å². The molecule has 1 aliphatic carbocycles. The van der Waals surface area contributed by atoms with Crippen molar-refractivity contribution in [2.45, 2.75) is 35.9 Å². The minimum absolute atomic E-state index is 0.170. The number of hydrogen-bond acceptors (Lipinski definition) is 4. The predicted molar refractivity (Wildman–Crippen MR) is 66.0 cm³/mol. The van der Waals surface area contributed by atoms with Gasteiger partial charge in [0.25, 0.3) is 10.0 Å². The molecule has 0 saturated heterocycles. The van der Waals surface area contributed by atoms with Crippen molar-refractivity contribution in [3.05, 3.63) is 17.3 Å². The fourth-order valence-electron chi connectivity index (χ4n) is 2.24. The van der Waals surface area contributed by atoms with Gasteiger partial charge in [-0.3, -0.25) is 0 Å². The van der Waals surface area contributed by atoms with Gasteiger partial charge in [-0.15, -0.1) is 11.3 Å². The smallest absolute Gasteiger partial charge is 0.206 e. The molecule has 1 saturated carbocycles. The maximum absolute atomic E-state index is 13.5. The first-order chi connectivity index (χ1) is 8.57.